The number of amides is 2. The third kappa shape index (κ3) is 4.77. The molecule has 0 saturated heterocycles. The Morgan fingerprint density at radius 3 is 2.42 bits per heavy atom. The van der Waals surface area contributed by atoms with Crippen LogP contribution in [0.2, 0.25) is 0 Å². The Labute approximate surface area is 74.0 Å². The number of urea groups is 1. The number of nitrogens with one attached hydrogen (secondary N) is 1. The number of unbranched alkanes of at least 4 members (excludes halogenated alkanes) is 1. The lowest BCUT2D eigenvalue weighted by Gasteiger charge is -2.06. The fourth-order valence-corrected chi connectivity index (χ4v) is 0.921. The monoisotopic (exact) mass is 170 g/mol. The Hall–Kier alpha value is -0.990. The van der Waals surface area contributed by atoms with E-state index in [1.807, 2.05) is 13.8 Å². The summed E-state index contributed by atoms with van der Waals surface area (Å²) in [7, 11) is 0. The van der Waals surface area contributed by atoms with Gasteiger partial charge in [-0.15, -0.1) is 0 Å². The minimum Gasteiger partial charge on any atom is -0.351 e. The van der Waals surface area contributed by atoms with E-state index in [9.17, 15) is 4.79 Å². The fraction of sp³-hybridized carbons (Fsp3) is 0.667. The maximum Gasteiger partial charge on any atom is 0.316 e. The average Bonchev–Trinajstić information content (AvgIpc) is 1.98. The van der Waals surface area contributed by atoms with Crippen molar-refractivity contribution in [1.29, 1.82) is 0 Å². The molecule has 70 valence electrons. The van der Waals surface area contributed by atoms with Crippen LogP contribution in [0.25, 0.3) is 0 Å². The van der Waals surface area contributed by atoms with Crippen molar-refractivity contribution in [2.45, 2.75) is 40.0 Å². The first-order valence-electron chi connectivity index (χ1n) is 4.30. The van der Waals surface area contributed by atoms with Gasteiger partial charge < -0.3 is 11.1 Å². The van der Waals surface area contributed by atoms with Crippen LogP contribution in [0.4, 0.5) is 4.79 Å². The molecule has 12 heavy (non-hydrogen) atoms. The van der Waals surface area contributed by atoms with Crippen LogP contribution in [0.1, 0.15) is 40.0 Å². The van der Waals surface area contributed by atoms with Gasteiger partial charge in [-0.1, -0.05) is 18.9 Å². The first-order chi connectivity index (χ1) is 5.57. The average molecular weight is 170 g/mol. The molecular formula is C9H18N2O. The van der Waals surface area contributed by atoms with Gasteiger partial charge in [0.25, 0.3) is 0 Å². The summed E-state index contributed by atoms with van der Waals surface area (Å²) in [5.41, 5.74) is 7.07. The van der Waals surface area contributed by atoms with Gasteiger partial charge in [0.15, 0.2) is 0 Å². The number of hydrogen-bond donors (Lipinski definition) is 2. The molecule has 0 aromatic rings. The van der Waals surface area contributed by atoms with Gasteiger partial charge in [0.05, 0.1) is 0 Å². The molecule has 0 aromatic heterocycles. The topological polar surface area (TPSA) is 55.1 Å². The van der Waals surface area contributed by atoms with Crippen LogP contribution in [0.15, 0.2) is 11.3 Å². The molecular weight excluding hydrogens is 152 g/mol. The number of allylic oxidation sites excluding steroid dienone is 2. The van der Waals surface area contributed by atoms with Crippen LogP contribution in [0.3, 0.4) is 0 Å². The number of nitrogens with two attached hydrogens (primary N) is 1. The van der Waals surface area contributed by atoms with Crippen molar-refractivity contribution in [3.63, 3.8) is 0 Å². The first kappa shape index (κ1) is 11.0. The Balaban J connectivity index is 3.97. The summed E-state index contributed by atoms with van der Waals surface area (Å²) in [5.74, 6) is 0. The zero-order valence-electron chi connectivity index (χ0n) is 8.11. The molecule has 2 amide bonds. The number of carbonyl (C=O) groups excluding carboxylic acids is 1. The molecule has 0 rings (SSSR count). The molecule has 0 saturated carbocycles. The minimum absolute atomic E-state index is 0.483. The van der Waals surface area contributed by atoms with Gasteiger partial charge in [0, 0.05) is 5.70 Å². The van der Waals surface area contributed by atoms with Crippen LogP contribution >= 0.6 is 0 Å². The molecule has 0 heterocycles. The van der Waals surface area contributed by atoms with Crippen molar-refractivity contribution in [2.75, 3.05) is 0 Å². The Morgan fingerprint density at radius 1 is 1.42 bits per heavy atom. The van der Waals surface area contributed by atoms with Gasteiger partial charge in [0.1, 0.15) is 0 Å². The van der Waals surface area contributed by atoms with E-state index in [4.69, 9.17) is 5.73 Å². The standard InChI is InChI=1S/C9H18N2O/c1-4-5-6-7(2)8(3)11-9(10)12/h4-6H2,1-3H3,(H3,10,11,12). The quantitative estimate of drug-likeness (QED) is 0.667. The normalized spacial score (nSPS) is 12.2. The highest BCUT2D eigenvalue weighted by Gasteiger charge is 1.98. The number of hydrogen-bond acceptors (Lipinski definition) is 1. The number of primary amides is 1. The van der Waals surface area contributed by atoms with Gasteiger partial charge in [-0.2, -0.15) is 0 Å². The van der Waals surface area contributed by atoms with Crippen LogP contribution in [-0.2, 0) is 0 Å². The molecule has 0 aliphatic rings. The predicted octanol–water partition coefficient (Wildman–Crippen LogP) is 2.14. The second kappa shape index (κ2) is 5.63. The maximum atomic E-state index is 10.5. The molecule has 0 aliphatic carbocycles. The molecule has 0 atom stereocenters. The minimum atomic E-state index is -0.483. The summed E-state index contributed by atoms with van der Waals surface area (Å²) in [4.78, 5) is 10.5. The van der Waals surface area contributed by atoms with Crippen molar-refractivity contribution in [3.05, 3.63) is 11.3 Å². The molecule has 3 heteroatoms. The van der Waals surface area contributed by atoms with Gasteiger partial charge in [-0.25, -0.2) is 4.79 Å². The van der Waals surface area contributed by atoms with Crippen LogP contribution in [-0.4, -0.2) is 6.03 Å². The van der Waals surface area contributed by atoms with Crippen molar-refractivity contribution in [1.82, 2.24) is 5.32 Å². The molecule has 0 aliphatic heterocycles. The molecule has 0 fully saturated rings. The van der Waals surface area contributed by atoms with E-state index in [0.717, 1.165) is 18.5 Å². The van der Waals surface area contributed by atoms with E-state index < -0.39 is 6.03 Å². The van der Waals surface area contributed by atoms with Crippen molar-refractivity contribution in [3.8, 4) is 0 Å². The summed E-state index contributed by atoms with van der Waals surface area (Å²) in [6.45, 7) is 6.03. The zero-order chi connectivity index (χ0) is 9.56. The number of rotatable bonds is 4. The number of carbonyl (C=O) groups is 1. The summed E-state index contributed by atoms with van der Waals surface area (Å²) in [5, 5.41) is 2.57. The fourth-order valence-electron chi connectivity index (χ4n) is 0.921. The van der Waals surface area contributed by atoms with E-state index in [1.54, 1.807) is 0 Å². The second-order valence-corrected chi connectivity index (χ2v) is 3.00. The van der Waals surface area contributed by atoms with Crippen LogP contribution in [0.5, 0.6) is 0 Å². The molecule has 0 bridgehead atoms. The molecule has 0 radical (unpaired) electrons. The Kier molecular flexibility index (Phi) is 5.17. The van der Waals surface area contributed by atoms with E-state index >= 15 is 0 Å². The molecule has 0 aromatic carbocycles. The SMILES string of the molecule is CCCCC(C)=C(C)NC(N)=O. The first-order valence-corrected chi connectivity index (χ1v) is 4.30. The van der Waals surface area contributed by atoms with Gasteiger partial charge in [-0.05, 0) is 26.7 Å². The Bertz CT molecular complexity index is 185. The summed E-state index contributed by atoms with van der Waals surface area (Å²) >= 11 is 0. The lowest BCUT2D eigenvalue weighted by molar-refractivity contribution is 0.251. The molecule has 0 unspecified atom stereocenters. The lowest BCUT2D eigenvalue weighted by atomic mass is 10.1. The Morgan fingerprint density at radius 2 is 2.00 bits per heavy atom. The maximum absolute atomic E-state index is 10.5. The van der Waals surface area contributed by atoms with Crippen LogP contribution < -0.4 is 11.1 Å². The largest absolute Gasteiger partial charge is 0.351 e. The van der Waals surface area contributed by atoms with Gasteiger partial charge in [-0.3, -0.25) is 0 Å². The van der Waals surface area contributed by atoms with Crippen molar-refractivity contribution in [2.24, 2.45) is 5.73 Å². The molecule has 3 N–H and O–H groups in total. The lowest BCUT2D eigenvalue weighted by Crippen LogP contribution is -2.28. The van der Waals surface area contributed by atoms with Gasteiger partial charge in [0.2, 0.25) is 0 Å². The highest BCUT2D eigenvalue weighted by molar-refractivity contribution is 5.73. The summed E-state index contributed by atoms with van der Waals surface area (Å²) in [6.07, 6.45) is 3.35. The second-order valence-electron chi connectivity index (χ2n) is 3.00. The third-order valence-corrected chi connectivity index (χ3v) is 1.86. The zero-order valence-corrected chi connectivity index (χ0v) is 8.11. The van der Waals surface area contributed by atoms with Crippen molar-refractivity contribution < 1.29 is 4.79 Å². The molecule has 0 spiro atoms. The van der Waals surface area contributed by atoms with E-state index in [-0.39, 0.29) is 0 Å². The van der Waals surface area contributed by atoms with Crippen molar-refractivity contribution >= 4 is 6.03 Å². The summed E-state index contributed by atoms with van der Waals surface area (Å²) < 4.78 is 0. The highest BCUT2D eigenvalue weighted by atomic mass is 16.2. The molecule has 3 nitrogen and oxygen atoms in total. The highest BCUT2D eigenvalue weighted by Crippen LogP contribution is 2.09. The smallest absolute Gasteiger partial charge is 0.316 e. The predicted molar refractivity (Wildman–Crippen MR) is 50.6 cm³/mol. The van der Waals surface area contributed by atoms with E-state index in [2.05, 4.69) is 12.2 Å². The van der Waals surface area contributed by atoms with E-state index in [1.165, 1.54) is 12.0 Å². The van der Waals surface area contributed by atoms with Crippen LogP contribution in [0, 0.1) is 0 Å². The van der Waals surface area contributed by atoms with E-state index in [0.29, 0.717) is 0 Å². The summed E-state index contributed by atoms with van der Waals surface area (Å²) in [6, 6.07) is -0.483. The third-order valence-electron chi connectivity index (χ3n) is 1.86. The van der Waals surface area contributed by atoms with Gasteiger partial charge >= 0.3 is 6.03 Å².